The van der Waals surface area contributed by atoms with Crippen molar-refractivity contribution in [3.8, 4) is 33.5 Å². The van der Waals surface area contributed by atoms with E-state index in [4.69, 9.17) is 9.72 Å². The largest absolute Gasteiger partial charge is 0.493 e. The molecule has 1 fully saturated rings. The molecule has 40 heavy (non-hydrogen) atoms. The van der Waals surface area contributed by atoms with Gasteiger partial charge in [-0.25, -0.2) is 9.97 Å². The predicted octanol–water partition coefficient (Wildman–Crippen LogP) is 6.14. The number of rotatable bonds is 11. The molecule has 0 radical (unpaired) electrons. The lowest BCUT2D eigenvalue weighted by molar-refractivity contribution is 0.150. The van der Waals surface area contributed by atoms with E-state index in [1.165, 1.54) is 0 Å². The van der Waals surface area contributed by atoms with Gasteiger partial charge in [-0.3, -0.25) is 9.88 Å². The number of aliphatic hydroxyl groups is 1. The molecule has 0 amide bonds. The van der Waals surface area contributed by atoms with E-state index in [1.54, 1.807) is 41.7 Å². The number of ether oxygens (including phenoxy) is 1. The number of hydrogen-bond acceptors (Lipinski definition) is 10. The summed E-state index contributed by atoms with van der Waals surface area (Å²) in [6, 6.07) is 14.3. The van der Waals surface area contributed by atoms with Gasteiger partial charge in [0, 0.05) is 54.1 Å². The van der Waals surface area contributed by atoms with Crippen LogP contribution in [0.3, 0.4) is 0 Å². The van der Waals surface area contributed by atoms with E-state index in [0.717, 1.165) is 75.3 Å². The Hall–Kier alpha value is -3.49. The first kappa shape index (κ1) is 28.1. The molecule has 0 bridgehead atoms. The number of nitrogens with one attached hydrogen (secondary N) is 1. The van der Waals surface area contributed by atoms with Crippen molar-refractivity contribution in [2.75, 3.05) is 37.9 Å². The molecule has 1 unspecified atom stereocenters. The van der Waals surface area contributed by atoms with Gasteiger partial charge in [0.15, 0.2) is 0 Å². The number of thiophene rings is 1. The van der Waals surface area contributed by atoms with Crippen LogP contribution in [0.5, 0.6) is 5.75 Å². The standard InChI is InChI=1S/C30H32N6O2S2/c1-20-17-33-30(34-22-8-3-10-24(15-22)38-14-6-13-36-12-5-9-23(36)19-37)35-27(20)28-26(21-7-4-11-32-18-21)25(16-31)29(39-2)40-28/h3-4,7-8,10-11,15,17-18,23,37H,5-6,9,12-14,19H2,1-2H3,(H,33,34,35). The second kappa shape index (κ2) is 13.2. The highest BCUT2D eigenvalue weighted by molar-refractivity contribution is 8.00. The van der Waals surface area contributed by atoms with Crippen molar-refractivity contribution in [3.05, 3.63) is 66.1 Å². The van der Waals surface area contributed by atoms with Gasteiger partial charge in [-0.05, 0) is 62.7 Å². The first-order valence-electron chi connectivity index (χ1n) is 13.3. The maximum absolute atomic E-state index is 10.0. The second-order valence-corrected chi connectivity index (χ2v) is 11.7. The molecule has 0 spiro atoms. The molecule has 5 rings (SSSR count). The molecule has 1 saturated heterocycles. The lowest BCUT2D eigenvalue weighted by Crippen LogP contribution is -2.33. The Kier molecular flexibility index (Phi) is 9.29. The van der Waals surface area contributed by atoms with Crippen molar-refractivity contribution in [1.82, 2.24) is 19.9 Å². The predicted molar refractivity (Wildman–Crippen MR) is 161 cm³/mol. The van der Waals surface area contributed by atoms with Gasteiger partial charge in [0.2, 0.25) is 5.95 Å². The average Bonchev–Trinajstić information content (AvgIpc) is 3.61. The molecule has 1 aliphatic heterocycles. The smallest absolute Gasteiger partial charge is 0.227 e. The molecule has 4 heterocycles. The van der Waals surface area contributed by atoms with E-state index in [1.807, 2.05) is 49.6 Å². The van der Waals surface area contributed by atoms with Gasteiger partial charge >= 0.3 is 0 Å². The van der Waals surface area contributed by atoms with Gasteiger partial charge in [-0.2, -0.15) is 5.26 Å². The molecule has 0 saturated carbocycles. The van der Waals surface area contributed by atoms with Crippen LogP contribution in [0.15, 0.2) is 59.2 Å². The molecule has 10 heteroatoms. The number of aryl methyl sites for hydroxylation is 1. The fourth-order valence-corrected chi connectivity index (χ4v) is 6.98. The van der Waals surface area contributed by atoms with Crippen LogP contribution in [0.25, 0.3) is 21.7 Å². The van der Waals surface area contributed by atoms with E-state index in [0.29, 0.717) is 24.2 Å². The maximum atomic E-state index is 10.0. The van der Waals surface area contributed by atoms with Gasteiger partial charge in [0.05, 0.1) is 33.6 Å². The number of hydrogen-bond donors (Lipinski definition) is 2. The summed E-state index contributed by atoms with van der Waals surface area (Å²) in [5, 5.41) is 22.8. The van der Waals surface area contributed by atoms with Crippen LogP contribution in [0.1, 0.15) is 30.4 Å². The number of aromatic nitrogens is 3. The van der Waals surface area contributed by atoms with Crippen molar-refractivity contribution in [3.63, 3.8) is 0 Å². The summed E-state index contributed by atoms with van der Waals surface area (Å²) in [7, 11) is 0. The lowest BCUT2D eigenvalue weighted by Gasteiger charge is -2.22. The van der Waals surface area contributed by atoms with Gasteiger partial charge in [0.25, 0.3) is 0 Å². The summed E-state index contributed by atoms with van der Waals surface area (Å²) >= 11 is 3.13. The molecule has 8 nitrogen and oxygen atoms in total. The summed E-state index contributed by atoms with van der Waals surface area (Å²) in [5.41, 5.74) is 4.93. The molecule has 0 aliphatic carbocycles. The minimum Gasteiger partial charge on any atom is -0.493 e. The van der Waals surface area contributed by atoms with Crippen molar-refractivity contribution in [2.45, 2.75) is 36.4 Å². The monoisotopic (exact) mass is 572 g/mol. The Balaban J connectivity index is 1.33. The summed E-state index contributed by atoms with van der Waals surface area (Å²) < 4.78 is 6.97. The maximum Gasteiger partial charge on any atom is 0.227 e. The van der Waals surface area contributed by atoms with Gasteiger partial charge in [-0.1, -0.05) is 12.1 Å². The summed E-state index contributed by atoms with van der Waals surface area (Å²) in [6.45, 7) is 4.80. The molecular weight excluding hydrogens is 541 g/mol. The zero-order valence-electron chi connectivity index (χ0n) is 22.6. The van der Waals surface area contributed by atoms with Crippen LogP contribution < -0.4 is 10.1 Å². The zero-order chi connectivity index (χ0) is 27.9. The van der Waals surface area contributed by atoms with Gasteiger partial charge < -0.3 is 15.2 Å². The Labute approximate surface area is 243 Å². The van der Waals surface area contributed by atoms with Crippen molar-refractivity contribution >= 4 is 34.7 Å². The number of aliphatic hydroxyl groups excluding tert-OH is 1. The van der Waals surface area contributed by atoms with Crippen molar-refractivity contribution < 1.29 is 9.84 Å². The summed E-state index contributed by atoms with van der Waals surface area (Å²) in [5.74, 6) is 1.24. The molecule has 206 valence electrons. The van der Waals surface area contributed by atoms with E-state index in [2.05, 4.69) is 26.3 Å². The number of pyridine rings is 1. The number of likely N-dealkylation sites (tertiary alicyclic amines) is 1. The van der Waals surface area contributed by atoms with Crippen LogP contribution in [0.4, 0.5) is 11.6 Å². The Morgan fingerprint density at radius 1 is 1.27 bits per heavy atom. The highest BCUT2D eigenvalue weighted by atomic mass is 32.2. The Morgan fingerprint density at radius 3 is 2.95 bits per heavy atom. The molecule has 1 atom stereocenters. The summed E-state index contributed by atoms with van der Waals surface area (Å²) in [4.78, 5) is 17.0. The quantitative estimate of drug-likeness (QED) is 0.162. The summed E-state index contributed by atoms with van der Waals surface area (Å²) in [6.07, 6.45) is 10.4. The molecule has 3 aromatic heterocycles. The molecule has 4 aromatic rings. The molecule has 1 aliphatic rings. The molecule has 2 N–H and O–H groups in total. The molecular formula is C30H32N6O2S2. The van der Waals surface area contributed by atoms with Gasteiger partial charge in [0.1, 0.15) is 11.8 Å². The minimum absolute atomic E-state index is 0.229. The Bertz CT molecular complexity index is 1490. The van der Waals surface area contributed by atoms with Crippen molar-refractivity contribution in [1.29, 1.82) is 5.26 Å². The van der Waals surface area contributed by atoms with Crippen LogP contribution >= 0.6 is 23.1 Å². The van der Waals surface area contributed by atoms with Crippen LogP contribution in [0.2, 0.25) is 0 Å². The highest BCUT2D eigenvalue weighted by Gasteiger charge is 2.24. The number of benzene rings is 1. The number of thioether (sulfide) groups is 1. The van der Waals surface area contributed by atoms with E-state index in [-0.39, 0.29) is 6.61 Å². The number of nitrogens with zero attached hydrogens (tertiary/aromatic N) is 5. The van der Waals surface area contributed by atoms with Crippen LogP contribution in [-0.4, -0.2) is 63.6 Å². The highest BCUT2D eigenvalue weighted by Crippen LogP contribution is 2.46. The van der Waals surface area contributed by atoms with Gasteiger partial charge in [-0.15, -0.1) is 23.1 Å². The van der Waals surface area contributed by atoms with E-state index in [9.17, 15) is 10.4 Å². The SMILES string of the molecule is CSc1sc(-c2nc(Nc3cccc(OCCCN4CCCC4CO)c3)ncc2C)c(-c2cccnc2)c1C#N. The number of nitriles is 1. The van der Waals surface area contributed by atoms with Crippen LogP contribution in [0, 0.1) is 18.3 Å². The van der Waals surface area contributed by atoms with E-state index >= 15 is 0 Å². The first-order chi connectivity index (χ1) is 19.6. The topological polar surface area (TPSA) is 107 Å². The average molecular weight is 573 g/mol. The second-order valence-electron chi connectivity index (χ2n) is 9.62. The fraction of sp³-hybridized carbons (Fsp3) is 0.333. The Morgan fingerprint density at radius 2 is 2.17 bits per heavy atom. The lowest BCUT2D eigenvalue weighted by atomic mass is 10.0. The van der Waals surface area contributed by atoms with Crippen LogP contribution in [-0.2, 0) is 0 Å². The normalized spacial score (nSPS) is 15.2. The van der Waals surface area contributed by atoms with Crippen molar-refractivity contribution in [2.24, 2.45) is 0 Å². The zero-order valence-corrected chi connectivity index (χ0v) is 24.3. The third-order valence-corrected chi connectivity index (χ3v) is 9.28. The number of anilines is 2. The van der Waals surface area contributed by atoms with E-state index < -0.39 is 0 Å². The third-order valence-electron chi connectivity index (χ3n) is 6.97. The minimum atomic E-state index is 0.229. The fourth-order valence-electron chi connectivity index (χ4n) is 4.99. The third kappa shape index (κ3) is 6.29. The first-order valence-corrected chi connectivity index (χ1v) is 15.4. The molecule has 1 aromatic carbocycles.